The molecule has 0 spiro atoms. The largest absolute Gasteiger partial charge is 0.497 e. The molecule has 16 heavy (non-hydrogen) atoms. The van der Waals surface area contributed by atoms with Gasteiger partial charge in [-0.05, 0) is 56.9 Å². The van der Waals surface area contributed by atoms with Gasteiger partial charge in [0.05, 0.1) is 7.11 Å². The van der Waals surface area contributed by atoms with Gasteiger partial charge in [-0.3, -0.25) is 0 Å². The maximum absolute atomic E-state index is 6.32. The number of benzene rings is 1. The molecule has 2 N–H and O–H groups in total. The predicted molar refractivity (Wildman–Crippen MR) is 66.9 cm³/mol. The van der Waals surface area contributed by atoms with Gasteiger partial charge < -0.3 is 10.5 Å². The average molecular weight is 219 g/mol. The van der Waals surface area contributed by atoms with E-state index in [1.807, 2.05) is 6.07 Å². The van der Waals surface area contributed by atoms with E-state index in [-0.39, 0.29) is 11.0 Å². The molecule has 0 aliphatic heterocycles. The molecule has 0 radical (unpaired) electrons. The second-order valence-electron chi connectivity index (χ2n) is 5.48. The molecule has 2 heteroatoms. The number of hydrogen-bond donors (Lipinski definition) is 1. The first-order valence-electron chi connectivity index (χ1n) is 5.85. The molecule has 1 aliphatic rings. The van der Waals surface area contributed by atoms with Gasteiger partial charge in [0.25, 0.3) is 0 Å². The Bertz CT molecular complexity index is 400. The average Bonchev–Trinajstić information content (AvgIpc) is 2.97. The normalized spacial score (nSPS) is 18.3. The van der Waals surface area contributed by atoms with Gasteiger partial charge in [-0.2, -0.15) is 0 Å². The Morgan fingerprint density at radius 3 is 2.31 bits per heavy atom. The second-order valence-corrected chi connectivity index (χ2v) is 5.48. The highest BCUT2D eigenvalue weighted by Crippen LogP contribution is 2.55. The predicted octanol–water partition coefficient (Wildman–Crippen LogP) is 2.77. The van der Waals surface area contributed by atoms with Gasteiger partial charge in [0.2, 0.25) is 0 Å². The van der Waals surface area contributed by atoms with Crippen LogP contribution in [0.15, 0.2) is 18.2 Å². The van der Waals surface area contributed by atoms with E-state index in [0.717, 1.165) is 5.75 Å². The molecule has 2 nitrogen and oxygen atoms in total. The molecule has 0 aromatic heterocycles. The van der Waals surface area contributed by atoms with Crippen molar-refractivity contribution >= 4 is 0 Å². The van der Waals surface area contributed by atoms with E-state index in [1.54, 1.807) is 7.11 Å². The number of aryl methyl sites for hydroxylation is 1. The van der Waals surface area contributed by atoms with Crippen LogP contribution in [-0.2, 0) is 5.41 Å². The minimum Gasteiger partial charge on any atom is -0.497 e. The summed E-state index contributed by atoms with van der Waals surface area (Å²) < 4.78 is 5.24. The lowest BCUT2D eigenvalue weighted by atomic mass is 9.77. The third kappa shape index (κ3) is 1.61. The van der Waals surface area contributed by atoms with Crippen LogP contribution in [-0.4, -0.2) is 12.6 Å². The van der Waals surface area contributed by atoms with Crippen LogP contribution in [0.5, 0.6) is 5.75 Å². The monoisotopic (exact) mass is 219 g/mol. The summed E-state index contributed by atoms with van der Waals surface area (Å²) in [5.41, 5.74) is 9.03. The van der Waals surface area contributed by atoms with E-state index < -0.39 is 0 Å². The number of rotatable bonds is 3. The fraction of sp³-hybridized carbons (Fsp3) is 0.571. The smallest absolute Gasteiger partial charge is 0.119 e. The van der Waals surface area contributed by atoms with Crippen molar-refractivity contribution in [3.8, 4) is 5.75 Å². The minimum absolute atomic E-state index is 0.146. The number of hydrogen-bond acceptors (Lipinski definition) is 2. The van der Waals surface area contributed by atoms with Gasteiger partial charge in [-0.15, -0.1) is 0 Å². The van der Waals surface area contributed by atoms with Gasteiger partial charge >= 0.3 is 0 Å². The molecular formula is C14H21NO. The zero-order valence-corrected chi connectivity index (χ0v) is 10.6. The summed E-state index contributed by atoms with van der Waals surface area (Å²) >= 11 is 0. The van der Waals surface area contributed by atoms with E-state index in [2.05, 4.69) is 32.9 Å². The van der Waals surface area contributed by atoms with E-state index >= 15 is 0 Å². The van der Waals surface area contributed by atoms with Crippen molar-refractivity contribution in [2.45, 2.75) is 44.6 Å². The summed E-state index contributed by atoms with van der Waals surface area (Å²) in [6.45, 7) is 6.40. The molecule has 0 saturated heterocycles. The van der Waals surface area contributed by atoms with Crippen LogP contribution in [0.2, 0.25) is 0 Å². The summed E-state index contributed by atoms with van der Waals surface area (Å²) in [7, 11) is 1.70. The number of methoxy groups -OCH3 is 1. The van der Waals surface area contributed by atoms with Crippen LogP contribution >= 0.6 is 0 Å². The zero-order chi connectivity index (χ0) is 12.0. The Morgan fingerprint density at radius 1 is 1.31 bits per heavy atom. The van der Waals surface area contributed by atoms with Gasteiger partial charge in [0.1, 0.15) is 5.75 Å². The summed E-state index contributed by atoms with van der Waals surface area (Å²) in [4.78, 5) is 0. The van der Waals surface area contributed by atoms with Gasteiger partial charge in [0.15, 0.2) is 0 Å². The molecular weight excluding hydrogens is 198 g/mol. The quantitative estimate of drug-likeness (QED) is 0.848. The maximum Gasteiger partial charge on any atom is 0.119 e. The highest BCUT2D eigenvalue weighted by molar-refractivity contribution is 5.45. The van der Waals surface area contributed by atoms with Crippen molar-refractivity contribution in [2.75, 3.05) is 7.11 Å². The Hall–Kier alpha value is -1.02. The molecule has 1 aromatic carbocycles. The summed E-state index contributed by atoms with van der Waals surface area (Å²) in [6, 6.07) is 6.31. The van der Waals surface area contributed by atoms with Crippen LogP contribution in [0.1, 0.15) is 37.8 Å². The maximum atomic E-state index is 6.32. The Labute approximate surface area is 97.8 Å². The molecule has 2 rings (SSSR count). The van der Waals surface area contributed by atoms with Crippen molar-refractivity contribution < 1.29 is 4.74 Å². The Balaban J connectivity index is 2.42. The number of nitrogens with two attached hydrogens (primary N) is 1. The highest BCUT2D eigenvalue weighted by Gasteiger charge is 2.54. The topological polar surface area (TPSA) is 35.2 Å². The lowest BCUT2D eigenvalue weighted by Gasteiger charge is -2.32. The molecule has 1 fully saturated rings. The third-order valence-electron chi connectivity index (χ3n) is 3.93. The van der Waals surface area contributed by atoms with Gasteiger partial charge in [-0.1, -0.05) is 6.07 Å². The van der Waals surface area contributed by atoms with Crippen molar-refractivity contribution in [3.63, 3.8) is 0 Å². The zero-order valence-electron chi connectivity index (χ0n) is 10.6. The van der Waals surface area contributed by atoms with Crippen molar-refractivity contribution in [2.24, 2.45) is 5.73 Å². The van der Waals surface area contributed by atoms with Crippen molar-refractivity contribution in [1.82, 2.24) is 0 Å². The SMILES string of the molecule is COc1ccc(C2(C(C)(C)N)CC2)c(C)c1. The fourth-order valence-corrected chi connectivity index (χ4v) is 2.69. The van der Waals surface area contributed by atoms with Crippen molar-refractivity contribution in [3.05, 3.63) is 29.3 Å². The lowest BCUT2D eigenvalue weighted by Crippen LogP contribution is -2.45. The molecule has 0 heterocycles. The van der Waals surface area contributed by atoms with E-state index in [0.29, 0.717) is 0 Å². The first-order chi connectivity index (χ1) is 7.40. The van der Waals surface area contributed by atoms with Gasteiger partial charge in [-0.25, -0.2) is 0 Å². The van der Waals surface area contributed by atoms with Crippen LogP contribution in [0.25, 0.3) is 0 Å². The van der Waals surface area contributed by atoms with Crippen molar-refractivity contribution in [1.29, 1.82) is 0 Å². The van der Waals surface area contributed by atoms with Gasteiger partial charge in [0, 0.05) is 11.0 Å². The second kappa shape index (κ2) is 3.49. The first kappa shape index (κ1) is 11.5. The van der Waals surface area contributed by atoms with E-state index in [1.165, 1.54) is 24.0 Å². The van der Waals surface area contributed by atoms with E-state index in [4.69, 9.17) is 10.5 Å². The molecule has 0 amide bonds. The van der Waals surface area contributed by atoms with Crippen LogP contribution < -0.4 is 10.5 Å². The molecule has 1 aromatic rings. The summed E-state index contributed by atoms with van der Waals surface area (Å²) in [5, 5.41) is 0. The van der Waals surface area contributed by atoms with Crippen LogP contribution in [0.4, 0.5) is 0 Å². The Kier molecular flexibility index (Phi) is 2.50. The Morgan fingerprint density at radius 2 is 1.94 bits per heavy atom. The molecule has 0 atom stereocenters. The highest BCUT2D eigenvalue weighted by atomic mass is 16.5. The summed E-state index contributed by atoms with van der Waals surface area (Å²) in [5.74, 6) is 0.923. The molecule has 1 aliphatic carbocycles. The van der Waals surface area contributed by atoms with Crippen LogP contribution in [0, 0.1) is 6.92 Å². The standard InChI is InChI=1S/C14H21NO/c1-10-9-11(16-4)5-6-12(10)14(7-8-14)13(2,3)15/h5-6,9H,7-8,15H2,1-4H3. The summed E-state index contributed by atoms with van der Waals surface area (Å²) in [6.07, 6.45) is 2.40. The number of ether oxygens (including phenoxy) is 1. The third-order valence-corrected chi connectivity index (χ3v) is 3.93. The van der Waals surface area contributed by atoms with E-state index in [9.17, 15) is 0 Å². The molecule has 1 saturated carbocycles. The first-order valence-corrected chi connectivity index (χ1v) is 5.85. The molecule has 0 unspecified atom stereocenters. The minimum atomic E-state index is -0.146. The fourth-order valence-electron chi connectivity index (χ4n) is 2.69. The van der Waals surface area contributed by atoms with Crippen LogP contribution in [0.3, 0.4) is 0 Å². The molecule has 88 valence electrons. The molecule has 0 bridgehead atoms. The lowest BCUT2D eigenvalue weighted by molar-refractivity contribution is 0.387.